The molecule has 1 aliphatic carbocycles. The van der Waals surface area contributed by atoms with Crippen molar-refractivity contribution in [1.29, 1.82) is 0 Å². The summed E-state index contributed by atoms with van der Waals surface area (Å²) in [4.78, 5) is 5.21. The molecule has 0 radical (unpaired) electrons. The number of hydrogen-bond donors (Lipinski definition) is 0. The molecule has 4 rings (SSSR count). The van der Waals surface area contributed by atoms with Gasteiger partial charge < -0.3 is 9.80 Å². The van der Waals surface area contributed by atoms with Gasteiger partial charge >= 0.3 is 0 Å². The third kappa shape index (κ3) is 3.08. The van der Waals surface area contributed by atoms with Crippen LogP contribution in [0.15, 0.2) is 18.2 Å². The Labute approximate surface area is 152 Å². The molecule has 0 aromatic heterocycles. The van der Waals surface area contributed by atoms with Gasteiger partial charge in [-0.2, -0.15) is 0 Å². The highest BCUT2D eigenvalue weighted by Gasteiger charge is 2.41. The van der Waals surface area contributed by atoms with Crippen LogP contribution in [0.4, 0.5) is 5.69 Å². The number of likely N-dealkylation sites (tertiary alicyclic amines) is 1. The number of benzene rings is 1. The van der Waals surface area contributed by atoms with Crippen LogP contribution in [-0.4, -0.2) is 37.6 Å². The maximum Gasteiger partial charge on any atom is 0.0410 e. The minimum atomic E-state index is 0.567. The number of halogens is 1. The first-order valence-electron chi connectivity index (χ1n) is 9.68. The Bertz CT molecular complexity index is 612. The van der Waals surface area contributed by atoms with Crippen molar-refractivity contribution in [3.8, 4) is 0 Å². The van der Waals surface area contributed by atoms with Crippen LogP contribution >= 0.6 is 11.6 Å². The zero-order valence-electron chi connectivity index (χ0n) is 15.4. The molecule has 0 N–H and O–H groups in total. The van der Waals surface area contributed by atoms with E-state index in [1.807, 2.05) is 0 Å². The zero-order chi connectivity index (χ0) is 16.9. The Balaban J connectivity index is 1.52. The molecule has 3 atom stereocenters. The molecular weight excluding hydrogens is 316 g/mol. The van der Waals surface area contributed by atoms with Crippen LogP contribution < -0.4 is 4.90 Å². The van der Waals surface area contributed by atoms with Gasteiger partial charge in [0.2, 0.25) is 0 Å². The number of fused-ring (bicyclic) bond motifs is 3. The third-order valence-corrected chi connectivity index (χ3v) is 6.96. The molecule has 1 saturated heterocycles. The van der Waals surface area contributed by atoms with E-state index in [2.05, 4.69) is 48.9 Å². The van der Waals surface area contributed by atoms with E-state index in [0.717, 1.165) is 10.9 Å². The summed E-state index contributed by atoms with van der Waals surface area (Å²) in [5, 5.41) is 0.889. The van der Waals surface area contributed by atoms with Gasteiger partial charge in [-0.15, -0.1) is 0 Å². The molecule has 24 heavy (non-hydrogen) atoms. The first-order valence-corrected chi connectivity index (χ1v) is 10.1. The summed E-state index contributed by atoms with van der Waals surface area (Å²) < 4.78 is 0. The molecule has 2 aliphatic heterocycles. The van der Waals surface area contributed by atoms with E-state index in [0.29, 0.717) is 17.4 Å². The lowest BCUT2D eigenvalue weighted by Crippen LogP contribution is -2.45. The molecule has 2 heterocycles. The predicted molar refractivity (Wildman–Crippen MR) is 103 cm³/mol. The number of piperidine rings is 1. The second-order valence-corrected chi connectivity index (χ2v) is 9.62. The number of nitrogens with zero attached hydrogens (tertiary/aromatic N) is 2. The van der Waals surface area contributed by atoms with Crippen LogP contribution in [0.25, 0.3) is 0 Å². The van der Waals surface area contributed by atoms with Crippen molar-refractivity contribution >= 4 is 17.3 Å². The first-order chi connectivity index (χ1) is 11.4. The molecule has 132 valence electrons. The van der Waals surface area contributed by atoms with Crippen molar-refractivity contribution in [2.75, 3.05) is 31.6 Å². The Morgan fingerprint density at radius 3 is 2.83 bits per heavy atom. The Morgan fingerprint density at radius 1 is 1.25 bits per heavy atom. The lowest BCUT2D eigenvalue weighted by molar-refractivity contribution is 0.230. The van der Waals surface area contributed by atoms with Crippen molar-refractivity contribution in [3.63, 3.8) is 0 Å². The van der Waals surface area contributed by atoms with Gasteiger partial charge in [-0.25, -0.2) is 0 Å². The van der Waals surface area contributed by atoms with Gasteiger partial charge in [0.25, 0.3) is 0 Å². The first kappa shape index (κ1) is 16.7. The smallest absolute Gasteiger partial charge is 0.0410 e. The highest BCUT2D eigenvalue weighted by molar-refractivity contribution is 6.30. The maximum absolute atomic E-state index is 6.32. The summed E-state index contributed by atoms with van der Waals surface area (Å²) in [5.41, 5.74) is 3.52. The summed E-state index contributed by atoms with van der Waals surface area (Å²) in [6.45, 7) is 8.49. The number of hydrogen-bond acceptors (Lipinski definition) is 2. The van der Waals surface area contributed by atoms with Crippen LogP contribution in [0, 0.1) is 11.3 Å². The molecule has 0 bridgehead atoms. The van der Waals surface area contributed by atoms with E-state index >= 15 is 0 Å². The lowest BCUT2D eigenvalue weighted by Gasteiger charge is -2.38. The van der Waals surface area contributed by atoms with Gasteiger partial charge in [0.15, 0.2) is 0 Å². The van der Waals surface area contributed by atoms with Gasteiger partial charge in [-0.3, -0.25) is 0 Å². The molecule has 1 aromatic rings. The van der Waals surface area contributed by atoms with Crippen LogP contribution in [0.1, 0.15) is 57.4 Å². The van der Waals surface area contributed by atoms with Crippen molar-refractivity contribution in [1.82, 2.24) is 4.90 Å². The van der Waals surface area contributed by atoms with E-state index < -0.39 is 0 Å². The lowest BCUT2D eigenvalue weighted by atomic mass is 9.89. The third-order valence-electron chi connectivity index (χ3n) is 6.73. The quantitative estimate of drug-likeness (QED) is 0.745. The molecule has 3 heteroatoms. The van der Waals surface area contributed by atoms with Crippen molar-refractivity contribution < 1.29 is 0 Å². The number of rotatable bonds is 3. The Hall–Kier alpha value is -0.730. The molecule has 0 spiro atoms. The van der Waals surface area contributed by atoms with E-state index in [-0.39, 0.29) is 0 Å². The van der Waals surface area contributed by atoms with Crippen LogP contribution in [0.3, 0.4) is 0 Å². The van der Waals surface area contributed by atoms with Crippen LogP contribution in [0.5, 0.6) is 0 Å². The van der Waals surface area contributed by atoms with Crippen LogP contribution in [0.2, 0.25) is 5.02 Å². The van der Waals surface area contributed by atoms with E-state index in [1.165, 1.54) is 63.0 Å². The fourth-order valence-corrected chi connectivity index (χ4v) is 5.66. The van der Waals surface area contributed by atoms with Crippen molar-refractivity contribution in [2.24, 2.45) is 11.3 Å². The molecule has 2 fully saturated rings. The summed E-state index contributed by atoms with van der Waals surface area (Å²) >= 11 is 6.32. The van der Waals surface area contributed by atoms with E-state index in [9.17, 15) is 0 Å². The second-order valence-electron chi connectivity index (χ2n) is 9.18. The Morgan fingerprint density at radius 2 is 2.08 bits per heavy atom. The van der Waals surface area contributed by atoms with Gasteiger partial charge in [0.1, 0.15) is 0 Å². The standard InChI is InChI=1S/C21H31ClN2/c1-21(2)9-6-15(13-21)7-11-24-19-5-4-16(22)12-17(19)18-14-23(3)10-8-20(18)24/h4-5,12,15,18,20H,6-11,13-14H2,1-3H3. The number of anilines is 1. The number of likely N-dealkylation sites (N-methyl/N-ethyl adjacent to an activating group) is 1. The molecule has 3 unspecified atom stereocenters. The average molecular weight is 347 g/mol. The predicted octanol–water partition coefficient (Wildman–Crippen LogP) is 5.16. The zero-order valence-corrected chi connectivity index (χ0v) is 16.1. The van der Waals surface area contributed by atoms with Crippen molar-refractivity contribution in [2.45, 2.75) is 57.9 Å². The second kappa shape index (κ2) is 6.21. The maximum atomic E-state index is 6.32. The average Bonchev–Trinajstić information content (AvgIpc) is 3.02. The highest BCUT2D eigenvalue weighted by atomic mass is 35.5. The molecule has 0 amide bonds. The van der Waals surface area contributed by atoms with E-state index in [1.54, 1.807) is 0 Å². The fraction of sp³-hybridized carbons (Fsp3) is 0.714. The molecular formula is C21H31ClN2. The molecule has 1 aromatic carbocycles. The van der Waals surface area contributed by atoms with E-state index in [4.69, 9.17) is 11.6 Å². The summed E-state index contributed by atoms with van der Waals surface area (Å²) in [7, 11) is 2.25. The summed E-state index contributed by atoms with van der Waals surface area (Å²) in [5.74, 6) is 1.55. The normalized spacial score (nSPS) is 32.0. The largest absolute Gasteiger partial charge is 0.368 e. The molecule has 3 aliphatic rings. The van der Waals surface area contributed by atoms with Crippen LogP contribution in [-0.2, 0) is 0 Å². The summed E-state index contributed by atoms with van der Waals surface area (Å²) in [6, 6.07) is 7.26. The highest BCUT2D eigenvalue weighted by Crippen LogP contribution is 2.47. The topological polar surface area (TPSA) is 6.48 Å². The molecule has 2 nitrogen and oxygen atoms in total. The monoisotopic (exact) mass is 346 g/mol. The van der Waals surface area contributed by atoms with Gasteiger partial charge in [0, 0.05) is 35.8 Å². The van der Waals surface area contributed by atoms with Gasteiger partial charge in [0.05, 0.1) is 0 Å². The van der Waals surface area contributed by atoms with Gasteiger partial charge in [-0.05, 0) is 80.8 Å². The SMILES string of the molecule is CN1CCC2C(C1)c1cc(Cl)ccc1N2CCC1CCC(C)(C)C1. The minimum Gasteiger partial charge on any atom is -0.368 e. The summed E-state index contributed by atoms with van der Waals surface area (Å²) in [6.07, 6.45) is 6.87. The van der Waals surface area contributed by atoms with Crippen molar-refractivity contribution in [3.05, 3.63) is 28.8 Å². The molecule has 1 saturated carbocycles. The fourth-order valence-electron chi connectivity index (χ4n) is 5.48. The van der Waals surface area contributed by atoms with Gasteiger partial charge in [-0.1, -0.05) is 25.4 Å². The Kier molecular flexibility index (Phi) is 4.33. The minimum absolute atomic E-state index is 0.567.